The topological polar surface area (TPSA) is 150 Å². The van der Waals surface area contributed by atoms with Gasteiger partial charge in [0.05, 0.1) is 24.6 Å². The van der Waals surface area contributed by atoms with E-state index in [1.165, 1.54) is 29.6 Å². The van der Waals surface area contributed by atoms with Gasteiger partial charge in [-0.25, -0.2) is 26.8 Å². The van der Waals surface area contributed by atoms with Crippen molar-refractivity contribution >= 4 is 37.5 Å². The van der Waals surface area contributed by atoms with Crippen LogP contribution in [0.1, 0.15) is 32.7 Å². The van der Waals surface area contributed by atoms with Crippen molar-refractivity contribution < 1.29 is 35.9 Å². The Morgan fingerprint density at radius 3 is 2.38 bits per heavy atom. The maximum atomic E-state index is 12.5. The van der Waals surface area contributed by atoms with E-state index in [4.69, 9.17) is 14.6 Å². The lowest BCUT2D eigenvalue weighted by Crippen LogP contribution is -2.34. The highest BCUT2D eigenvalue weighted by atomic mass is 32.2. The molecule has 0 spiro atoms. The molecule has 3 rings (SSSR count). The highest BCUT2D eigenvalue weighted by Gasteiger charge is 2.25. The molecule has 0 radical (unpaired) electrons. The second-order valence-corrected chi connectivity index (χ2v) is 10.6. The molecule has 2 aromatic carbocycles. The molecule has 1 aliphatic heterocycles. The number of rotatable bonds is 7. The summed E-state index contributed by atoms with van der Waals surface area (Å²) >= 11 is 0. The summed E-state index contributed by atoms with van der Waals surface area (Å²) in [6, 6.07) is 8.20. The number of ketones is 1. The second kappa shape index (κ2) is 8.88. The molecule has 1 aliphatic rings. The van der Waals surface area contributed by atoms with Crippen molar-refractivity contribution in [3.05, 3.63) is 53.1 Å². The minimum atomic E-state index is -4.15. The predicted molar refractivity (Wildman–Crippen MR) is 116 cm³/mol. The summed E-state index contributed by atoms with van der Waals surface area (Å²) in [6.07, 6.45) is 2.36. The van der Waals surface area contributed by atoms with Gasteiger partial charge in [0.15, 0.2) is 12.4 Å². The summed E-state index contributed by atoms with van der Waals surface area (Å²) in [5.41, 5.74) is 1.40. The van der Waals surface area contributed by atoms with E-state index in [-0.39, 0.29) is 21.8 Å². The molecule has 1 heterocycles. The highest BCUT2D eigenvalue weighted by molar-refractivity contribution is 7.92. The van der Waals surface area contributed by atoms with E-state index in [2.05, 4.69) is 0 Å². The monoisotopic (exact) mass is 482 g/mol. The zero-order valence-electron chi connectivity index (χ0n) is 17.4. The van der Waals surface area contributed by atoms with Crippen molar-refractivity contribution in [2.75, 3.05) is 30.8 Å². The summed E-state index contributed by atoms with van der Waals surface area (Å²) < 4.78 is 58.6. The number of benzene rings is 2. The Labute approximate surface area is 186 Å². The van der Waals surface area contributed by atoms with Gasteiger partial charge >= 0.3 is 5.97 Å². The number of anilines is 1. The molecule has 10 nitrogen and oxygen atoms in total. The Hall–Kier alpha value is -2.96. The molecular formula is C20H22N2O8S2. The number of Topliss-reactive ketones (excluding diaryl/α,β-unsaturated/α-hetero) is 1. The molecule has 0 amide bonds. The maximum Gasteiger partial charge on any atom is 0.338 e. The van der Waals surface area contributed by atoms with Crippen LogP contribution in [0.3, 0.4) is 0 Å². The third-order valence-electron chi connectivity index (χ3n) is 4.92. The number of primary sulfonamides is 1. The van der Waals surface area contributed by atoms with Crippen LogP contribution in [-0.2, 0) is 31.2 Å². The van der Waals surface area contributed by atoms with Gasteiger partial charge in [-0.2, -0.15) is 0 Å². The second-order valence-electron chi connectivity index (χ2n) is 7.19. The molecule has 0 aliphatic carbocycles. The zero-order chi connectivity index (χ0) is 23.7. The van der Waals surface area contributed by atoms with Crippen LogP contribution >= 0.6 is 0 Å². The fourth-order valence-corrected chi connectivity index (χ4v) is 5.12. The van der Waals surface area contributed by atoms with E-state index in [0.29, 0.717) is 30.6 Å². The number of carbonyl (C=O) groups is 2. The van der Waals surface area contributed by atoms with E-state index >= 15 is 0 Å². The average molecular weight is 483 g/mol. The van der Waals surface area contributed by atoms with Crippen LogP contribution in [0.25, 0.3) is 0 Å². The van der Waals surface area contributed by atoms with Crippen LogP contribution in [-0.4, -0.2) is 55.1 Å². The Balaban J connectivity index is 1.75. The van der Waals surface area contributed by atoms with Crippen LogP contribution in [0.15, 0.2) is 41.3 Å². The smallest absolute Gasteiger partial charge is 0.338 e. The van der Waals surface area contributed by atoms with Gasteiger partial charge in [-0.05, 0) is 54.8 Å². The van der Waals surface area contributed by atoms with Gasteiger partial charge < -0.3 is 9.47 Å². The SMILES string of the molecule is COc1ccc(C(=O)OCC(=O)c2ccc3c(c2)CCCN3S(C)(=O)=O)cc1S(N)(=O)=O. The number of nitrogens with zero attached hydrogens (tertiary/aromatic N) is 1. The summed E-state index contributed by atoms with van der Waals surface area (Å²) in [6.45, 7) is -0.205. The minimum Gasteiger partial charge on any atom is -0.495 e. The van der Waals surface area contributed by atoms with E-state index in [1.54, 1.807) is 12.1 Å². The molecular weight excluding hydrogens is 460 g/mol. The first-order valence-corrected chi connectivity index (χ1v) is 12.8. The minimum absolute atomic E-state index is 0.0303. The van der Waals surface area contributed by atoms with Crippen molar-refractivity contribution in [1.29, 1.82) is 0 Å². The van der Waals surface area contributed by atoms with Crippen molar-refractivity contribution in [3.8, 4) is 5.75 Å². The molecule has 0 fully saturated rings. The van der Waals surface area contributed by atoms with Crippen molar-refractivity contribution in [1.82, 2.24) is 0 Å². The largest absolute Gasteiger partial charge is 0.495 e. The first kappa shape index (κ1) is 23.7. The number of fused-ring (bicyclic) bond motifs is 1. The summed E-state index contributed by atoms with van der Waals surface area (Å²) in [7, 11) is -6.31. The molecule has 0 saturated carbocycles. The van der Waals surface area contributed by atoms with Crippen molar-refractivity contribution in [2.24, 2.45) is 5.14 Å². The lowest BCUT2D eigenvalue weighted by molar-refractivity contribution is 0.0474. The highest BCUT2D eigenvalue weighted by Crippen LogP contribution is 2.30. The lowest BCUT2D eigenvalue weighted by atomic mass is 9.99. The molecule has 32 heavy (non-hydrogen) atoms. The molecule has 0 bridgehead atoms. The predicted octanol–water partition coefficient (Wildman–Crippen LogP) is 1.09. The van der Waals surface area contributed by atoms with Gasteiger partial charge in [-0.1, -0.05) is 0 Å². The molecule has 2 aromatic rings. The van der Waals surface area contributed by atoms with Gasteiger partial charge in [0.2, 0.25) is 20.0 Å². The number of esters is 1. The fraction of sp³-hybridized carbons (Fsp3) is 0.300. The molecule has 172 valence electrons. The lowest BCUT2D eigenvalue weighted by Gasteiger charge is -2.29. The normalized spacial score (nSPS) is 13.9. The van der Waals surface area contributed by atoms with Crippen LogP contribution in [0.5, 0.6) is 5.75 Å². The first-order chi connectivity index (χ1) is 14.9. The van der Waals surface area contributed by atoms with Crippen molar-refractivity contribution in [2.45, 2.75) is 17.7 Å². The molecule has 0 atom stereocenters. The van der Waals surface area contributed by atoms with Crippen LogP contribution in [0, 0.1) is 0 Å². The number of hydrogen-bond donors (Lipinski definition) is 1. The number of methoxy groups -OCH3 is 1. The first-order valence-electron chi connectivity index (χ1n) is 9.43. The number of carbonyl (C=O) groups excluding carboxylic acids is 2. The number of ether oxygens (including phenoxy) is 2. The molecule has 12 heteroatoms. The van der Waals surface area contributed by atoms with Crippen LogP contribution in [0.4, 0.5) is 5.69 Å². The Morgan fingerprint density at radius 2 is 1.75 bits per heavy atom. The molecule has 0 unspecified atom stereocenters. The summed E-state index contributed by atoms with van der Waals surface area (Å²) in [5, 5.41) is 5.14. The third-order valence-corrected chi connectivity index (χ3v) is 7.03. The molecule has 0 aromatic heterocycles. The van der Waals surface area contributed by atoms with Gasteiger partial charge in [-0.15, -0.1) is 0 Å². The van der Waals surface area contributed by atoms with E-state index in [0.717, 1.165) is 12.3 Å². The Morgan fingerprint density at radius 1 is 1.06 bits per heavy atom. The standard InChI is InChI=1S/C20H22N2O8S2/c1-29-18-8-6-15(11-19(18)32(21,27)28)20(24)30-12-17(23)14-5-7-16-13(10-14)4-3-9-22(16)31(2,25)26/h5-8,10-11H,3-4,9,12H2,1-2H3,(H2,21,27,28). The fourth-order valence-electron chi connectivity index (χ4n) is 3.40. The molecule has 2 N–H and O–H groups in total. The van der Waals surface area contributed by atoms with Gasteiger partial charge in [0.1, 0.15) is 10.6 Å². The average Bonchev–Trinajstić information content (AvgIpc) is 2.74. The summed E-state index contributed by atoms with van der Waals surface area (Å²) in [5.74, 6) is -1.43. The number of nitrogens with two attached hydrogens (primary N) is 1. The third kappa shape index (κ3) is 5.09. The van der Waals surface area contributed by atoms with Crippen molar-refractivity contribution in [3.63, 3.8) is 0 Å². The van der Waals surface area contributed by atoms with E-state index < -0.39 is 38.4 Å². The van der Waals surface area contributed by atoms with Gasteiger partial charge in [0.25, 0.3) is 0 Å². The Bertz CT molecular complexity index is 1290. The summed E-state index contributed by atoms with van der Waals surface area (Å²) in [4.78, 5) is 24.5. The quantitative estimate of drug-likeness (QED) is 0.455. The Kier molecular flexibility index (Phi) is 6.58. The van der Waals surface area contributed by atoms with E-state index in [9.17, 15) is 26.4 Å². The van der Waals surface area contributed by atoms with Gasteiger partial charge in [-0.3, -0.25) is 9.10 Å². The number of hydrogen-bond acceptors (Lipinski definition) is 8. The van der Waals surface area contributed by atoms with Crippen LogP contribution < -0.4 is 14.2 Å². The van der Waals surface area contributed by atoms with E-state index in [1.807, 2.05) is 0 Å². The molecule has 0 saturated heterocycles. The number of sulfonamides is 2. The number of aryl methyl sites for hydroxylation is 1. The van der Waals surface area contributed by atoms with Crippen LogP contribution in [0.2, 0.25) is 0 Å². The maximum absolute atomic E-state index is 12.5. The zero-order valence-corrected chi connectivity index (χ0v) is 19.0. The van der Waals surface area contributed by atoms with Gasteiger partial charge in [0, 0.05) is 12.1 Å².